The average Bonchev–Trinajstić information content (AvgIpc) is 2.72. The Morgan fingerprint density at radius 2 is 1.74 bits per heavy atom. The van der Waals surface area contributed by atoms with Crippen molar-refractivity contribution < 1.29 is 14.3 Å². The molecule has 0 aliphatic carbocycles. The van der Waals surface area contributed by atoms with E-state index in [0.29, 0.717) is 24.2 Å². The van der Waals surface area contributed by atoms with Crippen LogP contribution in [0.4, 0.5) is 17.2 Å². The SMILES string of the molecule is CCCCn1c(N)c(NC(=O)Cc2ccc(NC(C)=O)cc2)c(=O)n(CCOC)c1=O. The second kappa shape index (κ2) is 11.1. The molecule has 0 atom stereocenters. The molecule has 1 aromatic carbocycles. The van der Waals surface area contributed by atoms with Gasteiger partial charge in [-0.3, -0.25) is 23.5 Å². The van der Waals surface area contributed by atoms with E-state index in [4.69, 9.17) is 10.5 Å². The van der Waals surface area contributed by atoms with Gasteiger partial charge >= 0.3 is 5.69 Å². The number of carbonyl (C=O) groups excluding carboxylic acids is 2. The van der Waals surface area contributed by atoms with Crippen molar-refractivity contribution in [3.63, 3.8) is 0 Å². The van der Waals surface area contributed by atoms with Crippen molar-refractivity contribution in [1.82, 2.24) is 9.13 Å². The maximum Gasteiger partial charge on any atom is 0.332 e. The van der Waals surface area contributed by atoms with Crippen LogP contribution in [0.15, 0.2) is 33.9 Å². The first kappa shape index (κ1) is 23.9. The van der Waals surface area contributed by atoms with Crippen molar-refractivity contribution in [3.8, 4) is 0 Å². The van der Waals surface area contributed by atoms with Crippen LogP contribution in [0.1, 0.15) is 32.3 Å². The molecule has 168 valence electrons. The van der Waals surface area contributed by atoms with Gasteiger partial charge in [-0.15, -0.1) is 0 Å². The molecule has 0 radical (unpaired) electrons. The minimum atomic E-state index is -0.665. The van der Waals surface area contributed by atoms with Crippen LogP contribution in [0.25, 0.3) is 0 Å². The summed E-state index contributed by atoms with van der Waals surface area (Å²) in [6.07, 6.45) is 1.52. The first-order chi connectivity index (χ1) is 14.8. The zero-order valence-electron chi connectivity index (χ0n) is 18.1. The monoisotopic (exact) mass is 431 g/mol. The van der Waals surface area contributed by atoms with Crippen molar-refractivity contribution in [2.24, 2.45) is 0 Å². The van der Waals surface area contributed by atoms with Gasteiger partial charge in [0.25, 0.3) is 5.56 Å². The number of rotatable bonds is 10. The molecule has 31 heavy (non-hydrogen) atoms. The van der Waals surface area contributed by atoms with Crippen LogP contribution in [0.5, 0.6) is 0 Å². The summed E-state index contributed by atoms with van der Waals surface area (Å²) >= 11 is 0. The summed E-state index contributed by atoms with van der Waals surface area (Å²) in [7, 11) is 1.47. The molecule has 2 amide bonds. The molecule has 2 rings (SSSR count). The van der Waals surface area contributed by atoms with Gasteiger partial charge in [0.05, 0.1) is 19.6 Å². The number of carbonyl (C=O) groups is 2. The second-order valence-electron chi connectivity index (χ2n) is 7.10. The Labute approximate surface area is 180 Å². The normalized spacial score (nSPS) is 10.7. The van der Waals surface area contributed by atoms with Gasteiger partial charge in [0, 0.05) is 26.3 Å². The number of hydrogen-bond acceptors (Lipinski definition) is 6. The highest BCUT2D eigenvalue weighted by atomic mass is 16.5. The number of nitrogen functional groups attached to an aromatic ring is 1. The second-order valence-corrected chi connectivity index (χ2v) is 7.10. The predicted octanol–water partition coefficient (Wildman–Crippen LogP) is 1.18. The number of hydrogen-bond donors (Lipinski definition) is 3. The van der Waals surface area contributed by atoms with E-state index in [1.165, 1.54) is 18.6 Å². The highest BCUT2D eigenvalue weighted by Crippen LogP contribution is 2.14. The molecular formula is C21H29N5O5. The maximum absolute atomic E-state index is 12.8. The molecule has 0 aliphatic heterocycles. The Balaban J connectivity index is 2.29. The van der Waals surface area contributed by atoms with Crippen LogP contribution >= 0.6 is 0 Å². The average molecular weight is 431 g/mol. The van der Waals surface area contributed by atoms with Gasteiger partial charge in [-0.25, -0.2) is 4.79 Å². The van der Waals surface area contributed by atoms with Crippen LogP contribution in [-0.2, 0) is 33.8 Å². The molecule has 10 heteroatoms. The quantitative estimate of drug-likeness (QED) is 0.516. The van der Waals surface area contributed by atoms with Gasteiger partial charge in [-0.1, -0.05) is 25.5 Å². The topological polar surface area (TPSA) is 137 Å². The summed E-state index contributed by atoms with van der Waals surface area (Å²) in [6, 6.07) is 6.77. The molecule has 0 fully saturated rings. The van der Waals surface area contributed by atoms with E-state index in [9.17, 15) is 19.2 Å². The lowest BCUT2D eigenvalue weighted by Gasteiger charge is -2.17. The molecule has 4 N–H and O–H groups in total. The summed E-state index contributed by atoms with van der Waals surface area (Å²) in [5, 5.41) is 5.22. The smallest absolute Gasteiger partial charge is 0.332 e. The number of nitrogens with one attached hydrogen (secondary N) is 2. The van der Waals surface area contributed by atoms with E-state index in [1.54, 1.807) is 24.3 Å². The van der Waals surface area contributed by atoms with E-state index >= 15 is 0 Å². The first-order valence-electron chi connectivity index (χ1n) is 10.1. The molecule has 10 nitrogen and oxygen atoms in total. The minimum absolute atomic E-state index is 0.00854. The Morgan fingerprint density at radius 3 is 2.32 bits per heavy atom. The van der Waals surface area contributed by atoms with Crippen LogP contribution in [-0.4, -0.2) is 34.7 Å². The number of nitrogens with two attached hydrogens (primary N) is 1. The third kappa shape index (κ3) is 6.29. The van der Waals surface area contributed by atoms with E-state index in [-0.39, 0.29) is 37.0 Å². The lowest BCUT2D eigenvalue weighted by atomic mass is 10.1. The van der Waals surface area contributed by atoms with Crippen molar-refractivity contribution in [3.05, 3.63) is 50.7 Å². The first-order valence-corrected chi connectivity index (χ1v) is 10.1. The van der Waals surface area contributed by atoms with Crippen molar-refractivity contribution >= 4 is 29.0 Å². The van der Waals surface area contributed by atoms with Gasteiger partial charge in [-0.05, 0) is 24.1 Å². The number of ether oxygens (including phenoxy) is 1. The van der Waals surface area contributed by atoms with E-state index in [1.807, 2.05) is 6.92 Å². The number of aromatic nitrogens is 2. The van der Waals surface area contributed by atoms with Crippen molar-refractivity contribution in [2.45, 2.75) is 46.2 Å². The standard InChI is InChI=1S/C21H29N5O5/c1-4-5-10-25-19(22)18(20(29)26(21(25)30)11-12-31-3)24-17(28)13-15-6-8-16(9-7-15)23-14(2)27/h6-9H,4-5,10-13,22H2,1-3H3,(H,23,27)(H,24,28). The Kier molecular flexibility index (Phi) is 8.56. The molecule has 0 saturated heterocycles. The molecule has 0 spiro atoms. The highest BCUT2D eigenvalue weighted by molar-refractivity contribution is 5.94. The van der Waals surface area contributed by atoms with E-state index in [0.717, 1.165) is 11.0 Å². The van der Waals surface area contributed by atoms with Gasteiger partial charge in [0.1, 0.15) is 11.5 Å². The number of benzene rings is 1. The lowest BCUT2D eigenvalue weighted by Crippen LogP contribution is -2.43. The highest BCUT2D eigenvalue weighted by Gasteiger charge is 2.19. The Hall–Kier alpha value is -3.40. The van der Waals surface area contributed by atoms with Crippen LogP contribution in [0, 0.1) is 0 Å². The van der Waals surface area contributed by atoms with Gasteiger partial charge < -0.3 is 21.1 Å². The fraction of sp³-hybridized carbons (Fsp3) is 0.429. The fourth-order valence-corrected chi connectivity index (χ4v) is 3.02. The number of amides is 2. The molecule has 0 saturated carbocycles. The fourth-order valence-electron chi connectivity index (χ4n) is 3.02. The lowest BCUT2D eigenvalue weighted by molar-refractivity contribution is -0.116. The Bertz CT molecular complexity index is 1040. The van der Waals surface area contributed by atoms with Gasteiger partial charge in [0.15, 0.2) is 0 Å². The van der Waals surface area contributed by atoms with Gasteiger partial charge in [-0.2, -0.15) is 0 Å². The van der Waals surface area contributed by atoms with Crippen molar-refractivity contribution in [2.75, 3.05) is 30.1 Å². The molecule has 0 bridgehead atoms. The van der Waals surface area contributed by atoms with Crippen LogP contribution in [0.2, 0.25) is 0 Å². The minimum Gasteiger partial charge on any atom is -0.383 e. The molecule has 0 aliphatic rings. The third-order valence-corrected chi connectivity index (χ3v) is 4.63. The number of anilines is 3. The third-order valence-electron chi connectivity index (χ3n) is 4.63. The Morgan fingerprint density at radius 1 is 1.06 bits per heavy atom. The summed E-state index contributed by atoms with van der Waals surface area (Å²) in [4.78, 5) is 49.2. The largest absolute Gasteiger partial charge is 0.383 e. The van der Waals surface area contributed by atoms with Crippen molar-refractivity contribution in [1.29, 1.82) is 0 Å². The van der Waals surface area contributed by atoms with E-state index < -0.39 is 17.2 Å². The number of methoxy groups -OCH3 is 1. The predicted molar refractivity (Wildman–Crippen MR) is 119 cm³/mol. The zero-order valence-corrected chi connectivity index (χ0v) is 18.1. The summed E-state index contributed by atoms with van der Waals surface area (Å²) in [5.41, 5.74) is 6.08. The zero-order chi connectivity index (χ0) is 23.0. The van der Waals surface area contributed by atoms with Crippen LogP contribution in [0.3, 0.4) is 0 Å². The van der Waals surface area contributed by atoms with Crippen LogP contribution < -0.4 is 27.6 Å². The molecule has 1 aromatic heterocycles. The molecule has 2 aromatic rings. The number of nitrogens with zero attached hydrogens (tertiary/aromatic N) is 2. The molecular weight excluding hydrogens is 402 g/mol. The molecule has 1 heterocycles. The van der Waals surface area contributed by atoms with Gasteiger partial charge in [0.2, 0.25) is 11.8 Å². The maximum atomic E-state index is 12.8. The summed E-state index contributed by atoms with van der Waals surface area (Å²) < 4.78 is 7.31. The summed E-state index contributed by atoms with van der Waals surface area (Å²) in [6.45, 7) is 3.93. The number of unbranched alkanes of at least 4 members (excludes halogenated alkanes) is 1. The summed E-state index contributed by atoms with van der Waals surface area (Å²) in [5.74, 6) is -0.703. The molecule has 0 unspecified atom stereocenters. The van der Waals surface area contributed by atoms with E-state index in [2.05, 4.69) is 10.6 Å².